The molecule has 2 N–H and O–H groups in total. The van der Waals surface area contributed by atoms with Crippen LogP contribution in [0.2, 0.25) is 0 Å². The van der Waals surface area contributed by atoms with Crippen LogP contribution < -0.4 is 5.73 Å². The second-order valence-electron chi connectivity index (χ2n) is 3.39. The zero-order chi connectivity index (χ0) is 10.8. The third-order valence-corrected chi connectivity index (χ3v) is 2.20. The molecule has 15 heavy (non-hydrogen) atoms. The third kappa shape index (κ3) is 1.87. The van der Waals surface area contributed by atoms with Crippen LogP contribution in [-0.2, 0) is 13.6 Å². The average Bonchev–Trinajstić information content (AvgIpc) is 2.58. The van der Waals surface area contributed by atoms with Crippen molar-refractivity contribution in [2.75, 3.05) is 0 Å². The summed E-state index contributed by atoms with van der Waals surface area (Å²) in [5, 5.41) is 4.27. The quantitative estimate of drug-likeness (QED) is 0.777. The molecule has 5 nitrogen and oxygen atoms in total. The molecular formula is C10H13N5. The lowest BCUT2D eigenvalue weighted by atomic mass is 10.2. The second-order valence-corrected chi connectivity index (χ2v) is 3.39. The van der Waals surface area contributed by atoms with E-state index in [9.17, 15) is 0 Å². The van der Waals surface area contributed by atoms with Crippen molar-refractivity contribution in [3.05, 3.63) is 29.8 Å². The van der Waals surface area contributed by atoms with E-state index in [-0.39, 0.29) is 0 Å². The molecule has 0 aliphatic heterocycles. The molecule has 0 aliphatic rings. The molecule has 5 heteroatoms. The third-order valence-electron chi connectivity index (χ3n) is 2.20. The topological polar surface area (TPSA) is 69.6 Å². The van der Waals surface area contributed by atoms with Crippen molar-refractivity contribution >= 4 is 0 Å². The molecule has 0 bridgehead atoms. The van der Waals surface area contributed by atoms with Crippen LogP contribution in [0.4, 0.5) is 0 Å². The van der Waals surface area contributed by atoms with Crippen molar-refractivity contribution in [2.24, 2.45) is 12.8 Å². The van der Waals surface area contributed by atoms with Gasteiger partial charge in [-0.05, 0) is 19.1 Å². The van der Waals surface area contributed by atoms with Crippen LogP contribution in [0.5, 0.6) is 0 Å². The van der Waals surface area contributed by atoms with Crippen LogP contribution in [0.15, 0.2) is 18.5 Å². The summed E-state index contributed by atoms with van der Waals surface area (Å²) in [4.78, 5) is 8.26. The summed E-state index contributed by atoms with van der Waals surface area (Å²) in [6.45, 7) is 2.38. The summed E-state index contributed by atoms with van der Waals surface area (Å²) in [7, 11) is 1.90. The monoisotopic (exact) mass is 203 g/mol. The van der Waals surface area contributed by atoms with Crippen LogP contribution in [0, 0.1) is 6.92 Å². The van der Waals surface area contributed by atoms with E-state index in [0.717, 1.165) is 22.8 Å². The standard InChI is InChI=1S/C10H13N5/c1-7-3-10(15(2)14-7)9-4-8(5-11)12-6-13-9/h3-4,6H,5,11H2,1-2H3. The van der Waals surface area contributed by atoms with Gasteiger partial charge in [0.15, 0.2) is 0 Å². The minimum absolute atomic E-state index is 0.423. The fourth-order valence-corrected chi connectivity index (χ4v) is 1.50. The number of nitrogens with zero attached hydrogens (tertiary/aromatic N) is 4. The van der Waals surface area contributed by atoms with Gasteiger partial charge in [-0.3, -0.25) is 4.68 Å². The molecule has 2 rings (SSSR count). The predicted molar refractivity (Wildman–Crippen MR) is 56.9 cm³/mol. The summed E-state index contributed by atoms with van der Waals surface area (Å²) in [5.41, 5.74) is 9.16. The number of hydrogen-bond donors (Lipinski definition) is 1. The Morgan fingerprint density at radius 3 is 2.73 bits per heavy atom. The highest BCUT2D eigenvalue weighted by atomic mass is 15.3. The highest BCUT2D eigenvalue weighted by molar-refractivity contribution is 5.54. The molecule has 2 aromatic rings. The molecule has 0 atom stereocenters. The fourth-order valence-electron chi connectivity index (χ4n) is 1.50. The molecule has 78 valence electrons. The summed E-state index contributed by atoms with van der Waals surface area (Å²) < 4.78 is 1.80. The number of rotatable bonds is 2. The normalized spacial score (nSPS) is 10.6. The van der Waals surface area contributed by atoms with Crippen molar-refractivity contribution in [2.45, 2.75) is 13.5 Å². The lowest BCUT2D eigenvalue weighted by Crippen LogP contribution is -2.02. The number of nitrogens with two attached hydrogens (primary N) is 1. The van der Waals surface area contributed by atoms with E-state index >= 15 is 0 Å². The van der Waals surface area contributed by atoms with Gasteiger partial charge in [-0.1, -0.05) is 0 Å². The van der Waals surface area contributed by atoms with Gasteiger partial charge in [-0.2, -0.15) is 5.10 Å². The van der Waals surface area contributed by atoms with E-state index < -0.39 is 0 Å². The Bertz CT molecular complexity index is 474. The molecule has 0 saturated carbocycles. The maximum atomic E-state index is 5.53. The van der Waals surface area contributed by atoms with E-state index in [1.807, 2.05) is 26.1 Å². The van der Waals surface area contributed by atoms with Crippen LogP contribution in [-0.4, -0.2) is 19.7 Å². The molecule has 0 radical (unpaired) electrons. The Labute approximate surface area is 88.0 Å². The van der Waals surface area contributed by atoms with E-state index in [1.54, 1.807) is 4.68 Å². The fraction of sp³-hybridized carbons (Fsp3) is 0.300. The zero-order valence-electron chi connectivity index (χ0n) is 8.81. The molecule has 0 fully saturated rings. The second kappa shape index (κ2) is 3.78. The van der Waals surface area contributed by atoms with Gasteiger partial charge in [0, 0.05) is 13.6 Å². The van der Waals surface area contributed by atoms with Crippen LogP contribution in [0.25, 0.3) is 11.4 Å². The number of hydrogen-bond acceptors (Lipinski definition) is 4. The predicted octanol–water partition coefficient (Wildman–Crippen LogP) is 0.644. The van der Waals surface area contributed by atoms with E-state index in [1.165, 1.54) is 6.33 Å². The largest absolute Gasteiger partial charge is 0.325 e. The SMILES string of the molecule is Cc1cc(-c2cc(CN)ncn2)n(C)n1. The van der Waals surface area contributed by atoms with Crippen molar-refractivity contribution in [1.29, 1.82) is 0 Å². The first kappa shape index (κ1) is 9.79. The molecule has 2 heterocycles. The first-order valence-corrected chi connectivity index (χ1v) is 4.72. The minimum atomic E-state index is 0.423. The highest BCUT2D eigenvalue weighted by Crippen LogP contribution is 2.16. The molecule has 0 spiro atoms. The Morgan fingerprint density at radius 2 is 2.13 bits per heavy atom. The summed E-state index contributed by atoms with van der Waals surface area (Å²) in [5.74, 6) is 0. The Balaban J connectivity index is 2.49. The average molecular weight is 203 g/mol. The maximum absolute atomic E-state index is 5.53. The molecule has 0 unspecified atom stereocenters. The van der Waals surface area contributed by atoms with Crippen LogP contribution in [0.1, 0.15) is 11.4 Å². The Hall–Kier alpha value is -1.75. The van der Waals surface area contributed by atoms with Crippen molar-refractivity contribution < 1.29 is 0 Å². The summed E-state index contributed by atoms with van der Waals surface area (Å²) >= 11 is 0. The summed E-state index contributed by atoms with van der Waals surface area (Å²) in [6, 6.07) is 3.87. The number of aryl methyl sites for hydroxylation is 2. The van der Waals surface area contributed by atoms with Crippen molar-refractivity contribution in [3.8, 4) is 11.4 Å². The first-order valence-electron chi connectivity index (χ1n) is 4.72. The zero-order valence-corrected chi connectivity index (χ0v) is 8.81. The molecule has 2 aromatic heterocycles. The van der Waals surface area contributed by atoms with E-state index in [0.29, 0.717) is 6.54 Å². The summed E-state index contributed by atoms with van der Waals surface area (Å²) in [6.07, 6.45) is 1.53. The van der Waals surface area contributed by atoms with Gasteiger partial charge in [-0.15, -0.1) is 0 Å². The Morgan fingerprint density at radius 1 is 1.33 bits per heavy atom. The van der Waals surface area contributed by atoms with Crippen molar-refractivity contribution in [3.63, 3.8) is 0 Å². The molecule has 0 amide bonds. The molecule has 0 saturated heterocycles. The highest BCUT2D eigenvalue weighted by Gasteiger charge is 2.06. The minimum Gasteiger partial charge on any atom is -0.325 e. The number of aromatic nitrogens is 4. The van der Waals surface area contributed by atoms with Gasteiger partial charge in [0.25, 0.3) is 0 Å². The van der Waals surface area contributed by atoms with Gasteiger partial charge in [0.2, 0.25) is 0 Å². The Kier molecular flexibility index (Phi) is 2.47. The molecule has 0 aromatic carbocycles. The van der Waals surface area contributed by atoms with Gasteiger partial charge in [0.05, 0.1) is 22.8 Å². The van der Waals surface area contributed by atoms with Crippen LogP contribution >= 0.6 is 0 Å². The molecular weight excluding hydrogens is 190 g/mol. The lowest BCUT2D eigenvalue weighted by molar-refractivity contribution is 0.761. The maximum Gasteiger partial charge on any atom is 0.116 e. The lowest BCUT2D eigenvalue weighted by Gasteiger charge is -2.01. The van der Waals surface area contributed by atoms with Gasteiger partial charge in [-0.25, -0.2) is 9.97 Å². The van der Waals surface area contributed by atoms with Gasteiger partial charge in [0.1, 0.15) is 6.33 Å². The van der Waals surface area contributed by atoms with E-state index in [2.05, 4.69) is 15.1 Å². The van der Waals surface area contributed by atoms with Gasteiger partial charge >= 0.3 is 0 Å². The molecule has 0 aliphatic carbocycles. The van der Waals surface area contributed by atoms with Gasteiger partial charge < -0.3 is 5.73 Å². The smallest absolute Gasteiger partial charge is 0.116 e. The van der Waals surface area contributed by atoms with E-state index in [4.69, 9.17) is 5.73 Å². The van der Waals surface area contributed by atoms with Crippen LogP contribution in [0.3, 0.4) is 0 Å². The van der Waals surface area contributed by atoms with Crippen molar-refractivity contribution in [1.82, 2.24) is 19.7 Å². The first-order chi connectivity index (χ1) is 7.20.